The highest BCUT2D eigenvalue weighted by molar-refractivity contribution is 6.05. The van der Waals surface area contributed by atoms with Crippen LogP contribution in [0, 0.1) is 0 Å². The van der Waals surface area contributed by atoms with Gasteiger partial charge in [0.05, 0.1) is 12.3 Å². The first-order chi connectivity index (χ1) is 10.8. The van der Waals surface area contributed by atoms with E-state index in [0.29, 0.717) is 29.4 Å². The smallest absolute Gasteiger partial charge is 0.255 e. The van der Waals surface area contributed by atoms with Gasteiger partial charge in [-0.1, -0.05) is 12.1 Å². The number of aryl methyl sites for hydroxylation is 1. The topological polar surface area (TPSA) is 56.8 Å². The number of carbonyl (C=O) groups excluding carboxylic acids is 1. The zero-order valence-corrected chi connectivity index (χ0v) is 11.9. The number of para-hydroxylation sites is 1. The fraction of sp³-hybridized carbons (Fsp3) is 0.235. The van der Waals surface area contributed by atoms with E-state index in [-0.39, 0.29) is 12.7 Å². The summed E-state index contributed by atoms with van der Waals surface area (Å²) in [5.74, 6) is 1.85. The van der Waals surface area contributed by atoms with E-state index in [1.807, 2.05) is 18.2 Å². The van der Waals surface area contributed by atoms with Gasteiger partial charge in [0.2, 0.25) is 6.79 Å². The van der Waals surface area contributed by atoms with E-state index in [2.05, 4.69) is 5.32 Å². The number of rotatable bonds is 2. The van der Waals surface area contributed by atoms with Crippen molar-refractivity contribution in [2.24, 2.45) is 0 Å². The van der Waals surface area contributed by atoms with Crippen molar-refractivity contribution in [1.29, 1.82) is 0 Å². The molecule has 0 atom stereocenters. The highest BCUT2D eigenvalue weighted by Crippen LogP contribution is 2.35. The van der Waals surface area contributed by atoms with Gasteiger partial charge in [0.25, 0.3) is 5.91 Å². The summed E-state index contributed by atoms with van der Waals surface area (Å²) < 4.78 is 16.3. The van der Waals surface area contributed by atoms with Gasteiger partial charge in [-0.15, -0.1) is 0 Å². The molecule has 0 unspecified atom stereocenters. The van der Waals surface area contributed by atoms with Crippen LogP contribution in [0.2, 0.25) is 0 Å². The molecule has 2 aliphatic heterocycles. The van der Waals surface area contributed by atoms with E-state index in [9.17, 15) is 4.79 Å². The maximum Gasteiger partial charge on any atom is 0.255 e. The van der Waals surface area contributed by atoms with E-state index in [1.165, 1.54) is 0 Å². The lowest BCUT2D eigenvalue weighted by Gasteiger charge is -2.20. The fourth-order valence-corrected chi connectivity index (χ4v) is 2.72. The Morgan fingerprint density at radius 1 is 1.05 bits per heavy atom. The van der Waals surface area contributed by atoms with Crippen molar-refractivity contribution in [3.05, 3.63) is 47.5 Å². The first-order valence-corrected chi connectivity index (χ1v) is 7.27. The minimum Gasteiger partial charge on any atom is -0.491 e. The second kappa shape index (κ2) is 5.26. The lowest BCUT2D eigenvalue weighted by molar-refractivity contribution is 0.102. The van der Waals surface area contributed by atoms with E-state index in [0.717, 1.165) is 24.2 Å². The number of hydrogen-bond acceptors (Lipinski definition) is 4. The molecule has 112 valence electrons. The molecule has 2 aliphatic rings. The molecule has 0 aromatic heterocycles. The SMILES string of the molecule is O=C(Nc1cccc2c1OCCC2)c1ccc2c(c1)OCO2. The Labute approximate surface area is 127 Å². The summed E-state index contributed by atoms with van der Waals surface area (Å²) >= 11 is 0. The standard InChI is InChI=1S/C17H15NO4/c19-17(12-6-7-14-15(9-12)22-10-21-14)18-13-5-1-3-11-4-2-8-20-16(11)13/h1,3,5-7,9H,2,4,8,10H2,(H,18,19). The second-order valence-corrected chi connectivity index (χ2v) is 5.27. The zero-order chi connectivity index (χ0) is 14.9. The van der Waals surface area contributed by atoms with E-state index in [4.69, 9.17) is 14.2 Å². The Bertz CT molecular complexity index is 741. The fourth-order valence-electron chi connectivity index (χ4n) is 2.72. The molecule has 0 radical (unpaired) electrons. The van der Waals surface area contributed by atoms with Gasteiger partial charge in [-0.05, 0) is 42.7 Å². The average molecular weight is 297 g/mol. The summed E-state index contributed by atoms with van der Waals surface area (Å²) in [6.07, 6.45) is 1.98. The molecular weight excluding hydrogens is 282 g/mol. The highest BCUT2D eigenvalue weighted by atomic mass is 16.7. The molecule has 4 rings (SSSR count). The van der Waals surface area contributed by atoms with Crippen molar-refractivity contribution in [1.82, 2.24) is 0 Å². The predicted molar refractivity (Wildman–Crippen MR) is 80.8 cm³/mol. The Balaban J connectivity index is 1.60. The molecule has 0 saturated heterocycles. The van der Waals surface area contributed by atoms with Crippen LogP contribution < -0.4 is 19.5 Å². The van der Waals surface area contributed by atoms with Gasteiger partial charge in [-0.25, -0.2) is 0 Å². The Kier molecular flexibility index (Phi) is 3.11. The third-order valence-corrected chi connectivity index (χ3v) is 3.82. The summed E-state index contributed by atoms with van der Waals surface area (Å²) in [5, 5.41) is 2.92. The third-order valence-electron chi connectivity index (χ3n) is 3.82. The van der Waals surface area contributed by atoms with Crippen molar-refractivity contribution < 1.29 is 19.0 Å². The second-order valence-electron chi connectivity index (χ2n) is 5.27. The van der Waals surface area contributed by atoms with Crippen molar-refractivity contribution in [2.45, 2.75) is 12.8 Å². The molecule has 1 amide bonds. The number of amides is 1. The monoisotopic (exact) mass is 297 g/mol. The third kappa shape index (κ3) is 2.24. The van der Waals surface area contributed by atoms with Crippen LogP contribution in [0.1, 0.15) is 22.3 Å². The average Bonchev–Trinajstić information content (AvgIpc) is 3.02. The molecule has 1 N–H and O–H groups in total. The van der Waals surface area contributed by atoms with Crippen LogP contribution in [0.25, 0.3) is 0 Å². The minimum atomic E-state index is -0.194. The van der Waals surface area contributed by atoms with Gasteiger partial charge in [-0.2, -0.15) is 0 Å². The number of fused-ring (bicyclic) bond motifs is 2. The maximum absolute atomic E-state index is 12.4. The molecular formula is C17H15NO4. The van der Waals surface area contributed by atoms with Gasteiger partial charge >= 0.3 is 0 Å². The Hall–Kier alpha value is -2.69. The lowest BCUT2D eigenvalue weighted by Crippen LogP contribution is -2.15. The van der Waals surface area contributed by atoms with Crippen LogP contribution in [0.3, 0.4) is 0 Å². The maximum atomic E-state index is 12.4. The number of carbonyl (C=O) groups is 1. The van der Waals surface area contributed by atoms with Crippen molar-refractivity contribution in [2.75, 3.05) is 18.7 Å². The summed E-state index contributed by atoms with van der Waals surface area (Å²) in [6.45, 7) is 0.879. The zero-order valence-electron chi connectivity index (χ0n) is 11.9. The number of anilines is 1. The first-order valence-electron chi connectivity index (χ1n) is 7.27. The van der Waals surface area contributed by atoms with Crippen LogP contribution in [-0.2, 0) is 6.42 Å². The predicted octanol–water partition coefficient (Wildman–Crippen LogP) is 2.99. The summed E-state index contributed by atoms with van der Waals surface area (Å²) in [7, 11) is 0. The molecule has 0 fully saturated rings. The normalized spacial score (nSPS) is 14.9. The highest BCUT2D eigenvalue weighted by Gasteiger charge is 2.19. The number of nitrogens with one attached hydrogen (secondary N) is 1. The van der Waals surface area contributed by atoms with Gasteiger partial charge in [-0.3, -0.25) is 4.79 Å². The van der Waals surface area contributed by atoms with Gasteiger partial charge in [0.1, 0.15) is 5.75 Å². The van der Waals surface area contributed by atoms with E-state index >= 15 is 0 Å². The summed E-state index contributed by atoms with van der Waals surface area (Å²) in [5.41, 5.74) is 2.37. The van der Waals surface area contributed by atoms with Crippen LogP contribution in [0.15, 0.2) is 36.4 Å². The summed E-state index contributed by atoms with van der Waals surface area (Å²) in [6, 6.07) is 11.0. The minimum absolute atomic E-state index is 0.194. The molecule has 0 aliphatic carbocycles. The molecule has 5 heteroatoms. The van der Waals surface area contributed by atoms with Gasteiger partial charge < -0.3 is 19.5 Å². The Morgan fingerprint density at radius 2 is 1.95 bits per heavy atom. The molecule has 0 saturated carbocycles. The van der Waals surface area contributed by atoms with Crippen molar-refractivity contribution in [3.8, 4) is 17.2 Å². The molecule has 0 spiro atoms. The van der Waals surface area contributed by atoms with Crippen LogP contribution >= 0.6 is 0 Å². The number of benzene rings is 2. The van der Waals surface area contributed by atoms with Crippen LogP contribution in [0.5, 0.6) is 17.2 Å². The molecule has 5 nitrogen and oxygen atoms in total. The molecule has 2 aromatic carbocycles. The van der Waals surface area contributed by atoms with Crippen LogP contribution in [-0.4, -0.2) is 19.3 Å². The lowest BCUT2D eigenvalue weighted by atomic mass is 10.1. The number of ether oxygens (including phenoxy) is 3. The molecule has 2 heterocycles. The van der Waals surface area contributed by atoms with E-state index in [1.54, 1.807) is 18.2 Å². The molecule has 22 heavy (non-hydrogen) atoms. The quantitative estimate of drug-likeness (QED) is 0.926. The first kappa shape index (κ1) is 13.0. The van der Waals surface area contributed by atoms with Gasteiger partial charge in [0.15, 0.2) is 11.5 Å². The summed E-state index contributed by atoms with van der Waals surface area (Å²) in [4.78, 5) is 12.4. The molecule has 2 aromatic rings. The van der Waals surface area contributed by atoms with Gasteiger partial charge in [0, 0.05) is 5.56 Å². The number of hydrogen-bond donors (Lipinski definition) is 1. The van der Waals surface area contributed by atoms with Crippen molar-refractivity contribution in [3.63, 3.8) is 0 Å². The largest absolute Gasteiger partial charge is 0.491 e. The van der Waals surface area contributed by atoms with E-state index < -0.39 is 0 Å². The molecule has 0 bridgehead atoms. The Morgan fingerprint density at radius 3 is 2.91 bits per heavy atom. The van der Waals surface area contributed by atoms with Crippen molar-refractivity contribution >= 4 is 11.6 Å². The van der Waals surface area contributed by atoms with Crippen LogP contribution in [0.4, 0.5) is 5.69 Å².